The van der Waals surface area contributed by atoms with Crippen LogP contribution in [0.4, 0.5) is 10.7 Å². The number of carbonyl (C=O) groups is 1. The van der Waals surface area contributed by atoms with Gasteiger partial charge in [0.15, 0.2) is 11.5 Å². The van der Waals surface area contributed by atoms with Crippen molar-refractivity contribution in [2.24, 2.45) is 5.92 Å². The minimum Gasteiger partial charge on any atom is -0.492 e. The van der Waals surface area contributed by atoms with E-state index >= 15 is 0 Å². The predicted octanol–water partition coefficient (Wildman–Crippen LogP) is 2.63. The number of hydrogen-bond acceptors (Lipinski definition) is 6. The normalized spacial score (nSPS) is 10.8. The summed E-state index contributed by atoms with van der Waals surface area (Å²) in [5, 5.41) is 4.04. The quantitative estimate of drug-likeness (QED) is 0.567. The van der Waals surface area contributed by atoms with Crippen molar-refractivity contribution in [1.82, 2.24) is 0 Å². The third-order valence-electron chi connectivity index (χ3n) is 2.66. The van der Waals surface area contributed by atoms with Crippen molar-refractivity contribution >= 4 is 27.8 Å². The molecule has 0 atom stereocenters. The SMILES string of the molecule is COCCCNc1sc(C(=O)C(C)C)c(N)c1OC. The molecule has 0 aliphatic rings. The lowest BCUT2D eigenvalue weighted by atomic mass is 10.1. The number of hydrogen-bond donors (Lipinski definition) is 2. The number of thiophene rings is 1. The number of ketones is 1. The van der Waals surface area contributed by atoms with Crippen molar-refractivity contribution in [2.45, 2.75) is 20.3 Å². The second-order valence-electron chi connectivity index (χ2n) is 4.50. The van der Waals surface area contributed by atoms with Gasteiger partial charge in [-0.1, -0.05) is 13.8 Å². The van der Waals surface area contributed by atoms with Crippen LogP contribution in [0.5, 0.6) is 5.75 Å². The number of nitrogens with one attached hydrogen (secondary N) is 1. The van der Waals surface area contributed by atoms with Crippen LogP contribution in [0.15, 0.2) is 0 Å². The van der Waals surface area contributed by atoms with E-state index in [2.05, 4.69) is 5.32 Å². The van der Waals surface area contributed by atoms with Crippen molar-refractivity contribution in [2.75, 3.05) is 38.4 Å². The van der Waals surface area contributed by atoms with Gasteiger partial charge in [-0.2, -0.15) is 0 Å². The molecule has 5 nitrogen and oxygen atoms in total. The molecule has 1 aromatic rings. The van der Waals surface area contributed by atoms with Crippen molar-refractivity contribution in [3.8, 4) is 5.75 Å². The zero-order valence-corrected chi connectivity index (χ0v) is 12.7. The molecule has 1 aromatic heterocycles. The molecule has 0 bridgehead atoms. The van der Waals surface area contributed by atoms with E-state index in [4.69, 9.17) is 15.2 Å². The fourth-order valence-corrected chi connectivity index (χ4v) is 2.81. The number of rotatable bonds is 8. The molecule has 0 radical (unpaired) electrons. The Bertz CT molecular complexity index is 430. The molecule has 108 valence electrons. The van der Waals surface area contributed by atoms with Crippen LogP contribution in [0.1, 0.15) is 29.9 Å². The van der Waals surface area contributed by atoms with Gasteiger partial charge >= 0.3 is 0 Å². The fraction of sp³-hybridized carbons (Fsp3) is 0.615. The maximum atomic E-state index is 12.1. The molecule has 0 spiro atoms. The Morgan fingerprint density at radius 1 is 1.42 bits per heavy atom. The van der Waals surface area contributed by atoms with Gasteiger partial charge in [0.25, 0.3) is 0 Å². The van der Waals surface area contributed by atoms with Crippen molar-refractivity contribution < 1.29 is 14.3 Å². The van der Waals surface area contributed by atoms with Gasteiger partial charge in [-0.05, 0) is 6.42 Å². The summed E-state index contributed by atoms with van der Waals surface area (Å²) in [4.78, 5) is 12.6. The minimum absolute atomic E-state index is 0.0470. The molecule has 0 aliphatic heterocycles. The first kappa shape index (κ1) is 15.8. The first-order valence-electron chi connectivity index (χ1n) is 6.26. The minimum atomic E-state index is -0.0769. The van der Waals surface area contributed by atoms with E-state index in [1.807, 2.05) is 13.8 Å². The van der Waals surface area contributed by atoms with E-state index < -0.39 is 0 Å². The monoisotopic (exact) mass is 286 g/mol. The van der Waals surface area contributed by atoms with Crippen LogP contribution in [0.2, 0.25) is 0 Å². The molecule has 19 heavy (non-hydrogen) atoms. The smallest absolute Gasteiger partial charge is 0.177 e. The summed E-state index contributed by atoms with van der Waals surface area (Å²) < 4.78 is 10.3. The predicted molar refractivity (Wildman–Crippen MR) is 79.4 cm³/mol. The lowest BCUT2D eigenvalue weighted by Gasteiger charge is -2.06. The highest BCUT2D eigenvalue weighted by molar-refractivity contribution is 7.19. The second-order valence-corrected chi connectivity index (χ2v) is 5.52. The van der Waals surface area contributed by atoms with Gasteiger partial charge in [-0.15, -0.1) is 11.3 Å². The number of ether oxygens (including phenoxy) is 2. The molecular weight excluding hydrogens is 264 g/mol. The second kappa shape index (κ2) is 7.35. The standard InChI is InChI=1S/C13H22N2O3S/c1-8(2)10(16)12-9(14)11(18-4)13(19-12)15-6-5-7-17-3/h8,15H,5-7,14H2,1-4H3. The topological polar surface area (TPSA) is 73.6 Å². The Balaban J connectivity index is 2.86. The van der Waals surface area contributed by atoms with E-state index in [0.717, 1.165) is 18.0 Å². The summed E-state index contributed by atoms with van der Waals surface area (Å²) in [7, 11) is 3.23. The Morgan fingerprint density at radius 3 is 2.63 bits per heavy atom. The Morgan fingerprint density at radius 2 is 2.11 bits per heavy atom. The van der Waals surface area contributed by atoms with Gasteiger partial charge in [0, 0.05) is 26.2 Å². The van der Waals surface area contributed by atoms with E-state index in [9.17, 15) is 4.79 Å². The number of nitrogens with two attached hydrogens (primary N) is 1. The van der Waals surface area contributed by atoms with E-state index in [1.54, 1.807) is 14.2 Å². The Hall–Kier alpha value is -1.27. The lowest BCUT2D eigenvalue weighted by Crippen LogP contribution is -2.07. The molecule has 1 rings (SSSR count). The molecule has 0 amide bonds. The van der Waals surface area contributed by atoms with Gasteiger partial charge in [0.2, 0.25) is 0 Å². The summed E-state index contributed by atoms with van der Waals surface area (Å²) >= 11 is 1.35. The first-order chi connectivity index (χ1) is 9.02. The molecule has 6 heteroatoms. The summed E-state index contributed by atoms with van der Waals surface area (Å²) in [5.41, 5.74) is 6.41. The maximum Gasteiger partial charge on any atom is 0.177 e. The van der Waals surface area contributed by atoms with Gasteiger partial charge in [-0.25, -0.2) is 0 Å². The molecule has 3 N–H and O–H groups in total. The molecule has 0 aromatic carbocycles. The highest BCUT2D eigenvalue weighted by atomic mass is 32.1. The lowest BCUT2D eigenvalue weighted by molar-refractivity contribution is 0.0944. The molecule has 0 aliphatic carbocycles. The molecule has 0 saturated heterocycles. The van der Waals surface area contributed by atoms with E-state index in [-0.39, 0.29) is 11.7 Å². The molecule has 1 heterocycles. The van der Waals surface area contributed by atoms with E-state index in [0.29, 0.717) is 22.9 Å². The van der Waals surface area contributed by atoms with Crippen LogP contribution < -0.4 is 15.8 Å². The number of carbonyl (C=O) groups excluding carboxylic acids is 1. The van der Waals surface area contributed by atoms with Gasteiger partial charge in [-0.3, -0.25) is 4.79 Å². The molecule has 0 unspecified atom stereocenters. The maximum absolute atomic E-state index is 12.1. The van der Waals surface area contributed by atoms with Crippen LogP contribution in [-0.4, -0.2) is 33.2 Å². The highest BCUT2D eigenvalue weighted by Crippen LogP contribution is 2.43. The number of nitrogen functional groups attached to an aromatic ring is 1. The summed E-state index contributed by atoms with van der Waals surface area (Å²) in [6.07, 6.45) is 0.880. The van der Waals surface area contributed by atoms with Gasteiger partial charge in [0.1, 0.15) is 5.00 Å². The van der Waals surface area contributed by atoms with E-state index in [1.165, 1.54) is 11.3 Å². The summed E-state index contributed by atoms with van der Waals surface area (Å²) in [6, 6.07) is 0. The Kier molecular flexibility index (Phi) is 6.11. The molecule has 0 fully saturated rings. The van der Waals surface area contributed by atoms with Crippen molar-refractivity contribution in [3.05, 3.63) is 4.88 Å². The number of methoxy groups -OCH3 is 2. The zero-order chi connectivity index (χ0) is 14.4. The summed E-state index contributed by atoms with van der Waals surface area (Å²) in [6.45, 7) is 5.16. The van der Waals surface area contributed by atoms with Crippen molar-refractivity contribution in [3.63, 3.8) is 0 Å². The first-order valence-corrected chi connectivity index (χ1v) is 7.07. The average molecular weight is 286 g/mol. The fourth-order valence-electron chi connectivity index (χ4n) is 1.61. The molecule has 0 saturated carbocycles. The summed E-state index contributed by atoms with van der Waals surface area (Å²) in [5.74, 6) is 0.532. The zero-order valence-electron chi connectivity index (χ0n) is 11.9. The highest BCUT2D eigenvalue weighted by Gasteiger charge is 2.23. The van der Waals surface area contributed by atoms with Gasteiger partial charge in [0.05, 0.1) is 17.7 Å². The Labute approximate surface area is 118 Å². The third-order valence-corrected chi connectivity index (χ3v) is 3.82. The van der Waals surface area contributed by atoms with Crippen LogP contribution in [0.25, 0.3) is 0 Å². The van der Waals surface area contributed by atoms with Crippen LogP contribution in [0.3, 0.4) is 0 Å². The van der Waals surface area contributed by atoms with Crippen LogP contribution in [0, 0.1) is 5.92 Å². The van der Waals surface area contributed by atoms with Gasteiger partial charge < -0.3 is 20.5 Å². The van der Waals surface area contributed by atoms with Crippen LogP contribution >= 0.6 is 11.3 Å². The number of anilines is 2. The van der Waals surface area contributed by atoms with Crippen LogP contribution in [-0.2, 0) is 4.74 Å². The number of Topliss-reactive ketones (excluding diaryl/α,β-unsaturated/α-hetero) is 1. The molecular formula is C13H22N2O3S. The van der Waals surface area contributed by atoms with Crippen molar-refractivity contribution in [1.29, 1.82) is 0 Å². The average Bonchev–Trinajstić information content (AvgIpc) is 2.70. The third kappa shape index (κ3) is 3.84. The largest absolute Gasteiger partial charge is 0.492 e.